The van der Waals surface area contributed by atoms with E-state index in [-0.39, 0.29) is 0 Å². The lowest BCUT2D eigenvalue weighted by molar-refractivity contribution is 0.443. The Labute approximate surface area is 76.3 Å². The van der Waals surface area contributed by atoms with E-state index in [1.807, 2.05) is 20.8 Å². The van der Waals surface area contributed by atoms with E-state index < -0.39 is 0 Å². The molecule has 1 aliphatic carbocycles. The predicted octanol–water partition coefficient (Wildman–Crippen LogP) is 2.72. The zero-order valence-corrected chi connectivity index (χ0v) is 8.64. The molecule has 1 saturated carbocycles. The molecule has 0 bridgehead atoms. The molecule has 1 fully saturated rings. The lowest BCUT2D eigenvalue weighted by atomic mass is 9.96. The van der Waals surface area contributed by atoms with Gasteiger partial charge in [0.05, 0.1) is 11.9 Å². The highest BCUT2D eigenvalue weighted by atomic mass is 14.9. The summed E-state index contributed by atoms with van der Waals surface area (Å²) in [4.78, 5) is 4.33. The third-order valence-electron chi connectivity index (χ3n) is 1.96. The first-order valence-electron chi connectivity index (χ1n) is 5.09. The van der Waals surface area contributed by atoms with Crippen LogP contribution in [0.4, 0.5) is 0 Å². The van der Waals surface area contributed by atoms with E-state index >= 15 is 0 Å². The molecule has 0 amide bonds. The van der Waals surface area contributed by atoms with Crippen molar-refractivity contribution >= 4 is 5.84 Å². The molecular weight excluding hydrogens is 148 g/mol. The second-order valence-corrected chi connectivity index (χ2v) is 3.06. The number of hydrogen-bond donors (Lipinski definition) is 1. The van der Waals surface area contributed by atoms with Crippen LogP contribution in [0.5, 0.6) is 0 Å². The topological polar surface area (TPSA) is 38.4 Å². The molecule has 0 aromatic carbocycles. The summed E-state index contributed by atoms with van der Waals surface area (Å²) in [6.07, 6.45) is 6.54. The minimum absolute atomic E-state index is 0.541. The van der Waals surface area contributed by atoms with Gasteiger partial charge in [-0.05, 0) is 19.8 Å². The minimum Gasteiger partial charge on any atom is -0.388 e. The summed E-state index contributed by atoms with van der Waals surface area (Å²) in [7, 11) is 0. The summed E-state index contributed by atoms with van der Waals surface area (Å²) >= 11 is 0. The van der Waals surface area contributed by atoms with Crippen molar-refractivity contribution in [3.05, 3.63) is 0 Å². The first-order valence-corrected chi connectivity index (χ1v) is 5.09. The van der Waals surface area contributed by atoms with Crippen LogP contribution in [0.3, 0.4) is 0 Å². The van der Waals surface area contributed by atoms with Crippen molar-refractivity contribution in [1.29, 1.82) is 0 Å². The fourth-order valence-corrected chi connectivity index (χ4v) is 1.50. The van der Waals surface area contributed by atoms with Crippen LogP contribution in [0.2, 0.25) is 0 Å². The van der Waals surface area contributed by atoms with Gasteiger partial charge in [0, 0.05) is 0 Å². The molecule has 1 aliphatic rings. The minimum atomic E-state index is 0.541. The summed E-state index contributed by atoms with van der Waals surface area (Å²) in [5.41, 5.74) is 5.47. The van der Waals surface area contributed by atoms with Crippen LogP contribution in [0.1, 0.15) is 52.9 Å². The van der Waals surface area contributed by atoms with Crippen molar-refractivity contribution in [3.8, 4) is 0 Å². The molecule has 1 rings (SSSR count). The van der Waals surface area contributed by atoms with Gasteiger partial charge in [0.1, 0.15) is 0 Å². The smallest absolute Gasteiger partial charge is 0.0909 e. The van der Waals surface area contributed by atoms with Crippen molar-refractivity contribution in [2.24, 2.45) is 10.7 Å². The Hall–Kier alpha value is -0.530. The third-order valence-corrected chi connectivity index (χ3v) is 1.96. The normalized spacial score (nSPS) is 19.8. The highest BCUT2D eigenvalue weighted by Crippen LogP contribution is 2.19. The van der Waals surface area contributed by atoms with Crippen LogP contribution >= 0.6 is 0 Å². The molecule has 0 atom stereocenters. The lowest BCUT2D eigenvalue weighted by Gasteiger charge is -2.17. The number of aliphatic imine (C=N–C) groups is 1. The number of hydrogen-bond acceptors (Lipinski definition) is 1. The van der Waals surface area contributed by atoms with Gasteiger partial charge in [-0.3, -0.25) is 4.99 Å². The van der Waals surface area contributed by atoms with Gasteiger partial charge < -0.3 is 5.73 Å². The van der Waals surface area contributed by atoms with E-state index in [0.29, 0.717) is 6.04 Å². The van der Waals surface area contributed by atoms with Gasteiger partial charge in [-0.2, -0.15) is 0 Å². The van der Waals surface area contributed by atoms with E-state index in [1.54, 1.807) is 0 Å². The summed E-state index contributed by atoms with van der Waals surface area (Å²) in [6, 6.07) is 0.541. The first-order chi connectivity index (χ1) is 5.79. The number of nitrogens with zero attached hydrogens (tertiary/aromatic N) is 1. The number of rotatable bonds is 1. The Kier molecular flexibility index (Phi) is 6.82. The van der Waals surface area contributed by atoms with E-state index in [0.717, 1.165) is 5.84 Å². The van der Waals surface area contributed by atoms with Gasteiger partial charge in [-0.15, -0.1) is 0 Å². The van der Waals surface area contributed by atoms with Gasteiger partial charge in [-0.1, -0.05) is 33.1 Å². The van der Waals surface area contributed by atoms with Crippen molar-refractivity contribution < 1.29 is 0 Å². The van der Waals surface area contributed by atoms with Crippen LogP contribution < -0.4 is 5.73 Å². The van der Waals surface area contributed by atoms with Gasteiger partial charge >= 0.3 is 0 Å². The average Bonchev–Trinajstić information content (AvgIpc) is 2.08. The van der Waals surface area contributed by atoms with Gasteiger partial charge in [-0.25, -0.2) is 0 Å². The molecule has 0 aromatic heterocycles. The molecule has 0 aromatic rings. The van der Waals surface area contributed by atoms with Gasteiger partial charge in [0.2, 0.25) is 0 Å². The summed E-state index contributed by atoms with van der Waals surface area (Å²) in [5.74, 6) is 0.743. The molecular formula is C10H22N2. The molecule has 0 unspecified atom stereocenters. The maximum atomic E-state index is 5.47. The molecule has 2 heteroatoms. The molecule has 0 spiro atoms. The van der Waals surface area contributed by atoms with Crippen LogP contribution in [0.15, 0.2) is 4.99 Å². The molecule has 0 aliphatic heterocycles. The SMILES string of the molecule is CC.CC(N)=NC1CCCCC1. The Morgan fingerprint density at radius 1 is 1.17 bits per heavy atom. The van der Waals surface area contributed by atoms with Crippen LogP contribution in [0.25, 0.3) is 0 Å². The second kappa shape index (κ2) is 7.14. The molecule has 2 nitrogen and oxygen atoms in total. The lowest BCUT2D eigenvalue weighted by Crippen LogP contribution is -2.15. The monoisotopic (exact) mass is 170 g/mol. The third kappa shape index (κ3) is 5.16. The van der Waals surface area contributed by atoms with Crippen LogP contribution in [0, 0.1) is 0 Å². The number of amidine groups is 1. The summed E-state index contributed by atoms with van der Waals surface area (Å²) < 4.78 is 0. The van der Waals surface area contributed by atoms with Crippen molar-refractivity contribution in [1.82, 2.24) is 0 Å². The molecule has 0 radical (unpaired) electrons. The molecule has 0 heterocycles. The molecule has 12 heavy (non-hydrogen) atoms. The first kappa shape index (κ1) is 11.5. The fourth-order valence-electron chi connectivity index (χ4n) is 1.50. The summed E-state index contributed by atoms with van der Waals surface area (Å²) in [5, 5.41) is 0. The maximum absolute atomic E-state index is 5.47. The van der Waals surface area contributed by atoms with Crippen molar-refractivity contribution in [2.75, 3.05) is 0 Å². The average molecular weight is 170 g/mol. The number of nitrogens with two attached hydrogens (primary N) is 1. The Morgan fingerprint density at radius 3 is 2.08 bits per heavy atom. The van der Waals surface area contributed by atoms with Crippen LogP contribution in [-0.4, -0.2) is 11.9 Å². The molecule has 72 valence electrons. The largest absolute Gasteiger partial charge is 0.388 e. The van der Waals surface area contributed by atoms with E-state index in [4.69, 9.17) is 5.73 Å². The van der Waals surface area contributed by atoms with E-state index in [2.05, 4.69) is 4.99 Å². The quantitative estimate of drug-likeness (QED) is 0.477. The van der Waals surface area contributed by atoms with E-state index in [9.17, 15) is 0 Å². The van der Waals surface area contributed by atoms with Gasteiger partial charge in [0.25, 0.3) is 0 Å². The standard InChI is InChI=1S/C8H16N2.C2H6/c1-7(9)10-8-5-3-2-4-6-8;1-2/h8H,2-6H2,1H3,(H2,9,10);1-2H3. The van der Waals surface area contributed by atoms with Crippen molar-refractivity contribution in [2.45, 2.75) is 58.9 Å². The second-order valence-electron chi connectivity index (χ2n) is 3.06. The fraction of sp³-hybridized carbons (Fsp3) is 0.900. The zero-order valence-electron chi connectivity index (χ0n) is 8.64. The van der Waals surface area contributed by atoms with E-state index in [1.165, 1.54) is 32.1 Å². The highest BCUT2D eigenvalue weighted by Gasteiger charge is 2.10. The zero-order chi connectivity index (χ0) is 9.40. The maximum Gasteiger partial charge on any atom is 0.0909 e. The predicted molar refractivity (Wildman–Crippen MR) is 55.5 cm³/mol. The Bertz CT molecular complexity index is 120. The molecule has 0 saturated heterocycles. The van der Waals surface area contributed by atoms with Crippen LogP contribution in [-0.2, 0) is 0 Å². The van der Waals surface area contributed by atoms with Gasteiger partial charge in [0.15, 0.2) is 0 Å². The summed E-state index contributed by atoms with van der Waals surface area (Å²) in [6.45, 7) is 5.87. The van der Waals surface area contributed by atoms with Crippen molar-refractivity contribution in [3.63, 3.8) is 0 Å². The molecule has 2 N–H and O–H groups in total. The Morgan fingerprint density at radius 2 is 1.67 bits per heavy atom. The Balaban J connectivity index is 0.000000561. The highest BCUT2D eigenvalue weighted by molar-refractivity contribution is 5.77.